The molecule has 0 saturated carbocycles. The van der Waals surface area contributed by atoms with Crippen LogP contribution in [0.5, 0.6) is 0 Å². The van der Waals surface area contributed by atoms with Gasteiger partial charge in [-0.05, 0) is 36.4 Å². The van der Waals surface area contributed by atoms with Crippen molar-refractivity contribution in [1.82, 2.24) is 4.57 Å². The van der Waals surface area contributed by atoms with Crippen molar-refractivity contribution in [1.29, 1.82) is 0 Å². The topological polar surface area (TPSA) is 94.8 Å². The molecule has 2 aromatic carbocycles. The zero-order chi connectivity index (χ0) is 21.3. The zero-order valence-corrected chi connectivity index (χ0v) is 19.2. The summed E-state index contributed by atoms with van der Waals surface area (Å²) in [4.78, 5) is 29.1. The molecular weight excluding hydrogens is 504 g/mol. The molecule has 0 unspecified atom stereocenters. The first-order chi connectivity index (χ1) is 13.6. The maximum Gasteiger partial charge on any atom is 0.325 e. The summed E-state index contributed by atoms with van der Waals surface area (Å²) >= 11 is 10.5. The monoisotopic (exact) mass is 516 g/mol. The predicted molar refractivity (Wildman–Crippen MR) is 114 cm³/mol. The first-order valence-corrected chi connectivity index (χ1v) is 11.9. The largest absolute Gasteiger partial charge is 0.468 e. The highest BCUT2D eigenvalue weighted by Crippen LogP contribution is 2.24. The van der Waals surface area contributed by atoms with E-state index in [0.29, 0.717) is 14.7 Å². The van der Waals surface area contributed by atoms with Gasteiger partial charge in [0.2, 0.25) is 0 Å². The molecule has 7 nitrogen and oxygen atoms in total. The predicted octanol–water partition coefficient (Wildman–Crippen LogP) is 3.44. The van der Waals surface area contributed by atoms with E-state index in [-0.39, 0.29) is 26.8 Å². The number of nitrogens with zero attached hydrogens (tertiary/aromatic N) is 2. The molecule has 0 atom stereocenters. The second-order valence-corrected chi connectivity index (χ2v) is 10.3. The highest BCUT2D eigenvalue weighted by atomic mass is 79.9. The van der Waals surface area contributed by atoms with Gasteiger partial charge in [-0.15, -0.1) is 0 Å². The summed E-state index contributed by atoms with van der Waals surface area (Å²) < 4.78 is 31.2. The number of rotatable bonds is 4. The third kappa shape index (κ3) is 4.77. The Morgan fingerprint density at radius 1 is 1.24 bits per heavy atom. The highest BCUT2D eigenvalue weighted by Gasteiger charge is 2.16. The number of benzene rings is 2. The van der Waals surface area contributed by atoms with Gasteiger partial charge >= 0.3 is 5.97 Å². The molecule has 0 aliphatic heterocycles. The number of hydrogen-bond donors (Lipinski definition) is 0. The van der Waals surface area contributed by atoms with Crippen LogP contribution in [0.3, 0.4) is 0 Å². The van der Waals surface area contributed by atoms with Crippen molar-refractivity contribution in [2.45, 2.75) is 11.4 Å². The Balaban J connectivity index is 2.22. The van der Waals surface area contributed by atoms with Gasteiger partial charge in [0.1, 0.15) is 6.54 Å². The van der Waals surface area contributed by atoms with Gasteiger partial charge < -0.3 is 9.30 Å². The molecule has 3 rings (SSSR count). The number of esters is 1. The van der Waals surface area contributed by atoms with Crippen molar-refractivity contribution >= 4 is 70.8 Å². The van der Waals surface area contributed by atoms with Crippen LogP contribution in [0.25, 0.3) is 10.2 Å². The second kappa shape index (κ2) is 8.39. The Kier molecular flexibility index (Phi) is 6.27. The van der Waals surface area contributed by atoms with Crippen molar-refractivity contribution < 1.29 is 22.7 Å². The number of carbonyl (C=O) groups excluding carboxylic acids is 2. The maximum atomic E-state index is 12.7. The summed E-state index contributed by atoms with van der Waals surface area (Å²) in [5, 5.41) is 0.238. The van der Waals surface area contributed by atoms with Gasteiger partial charge in [-0.1, -0.05) is 38.9 Å². The third-order valence-electron chi connectivity index (χ3n) is 3.95. The van der Waals surface area contributed by atoms with Gasteiger partial charge in [-0.2, -0.15) is 4.99 Å². The van der Waals surface area contributed by atoms with E-state index in [2.05, 4.69) is 20.9 Å². The number of hydrogen-bond acceptors (Lipinski definition) is 6. The molecule has 0 spiro atoms. The number of carbonyl (C=O) groups is 2. The highest BCUT2D eigenvalue weighted by molar-refractivity contribution is 9.10. The lowest BCUT2D eigenvalue weighted by molar-refractivity contribution is -0.141. The van der Waals surface area contributed by atoms with E-state index in [1.807, 2.05) is 0 Å². The molecule has 3 aromatic rings. The van der Waals surface area contributed by atoms with Crippen molar-refractivity contribution in [3.05, 3.63) is 56.3 Å². The Hall–Kier alpha value is -2.01. The molecule has 0 saturated heterocycles. The average molecular weight is 518 g/mol. The summed E-state index contributed by atoms with van der Waals surface area (Å²) in [6, 6.07) is 9.31. The molecule has 1 heterocycles. The van der Waals surface area contributed by atoms with Crippen molar-refractivity contribution in [3.63, 3.8) is 0 Å². The summed E-state index contributed by atoms with van der Waals surface area (Å²) in [6.07, 6.45) is 1.11. The van der Waals surface area contributed by atoms with E-state index < -0.39 is 21.7 Å². The number of ether oxygens (including phenoxy) is 1. The minimum absolute atomic E-state index is 0.129. The van der Waals surface area contributed by atoms with Crippen LogP contribution in [-0.4, -0.2) is 38.2 Å². The second-order valence-electron chi connectivity index (χ2n) is 5.99. The Bertz CT molecular complexity index is 1310. The lowest BCUT2D eigenvalue weighted by atomic mass is 10.2. The molecule has 0 bridgehead atoms. The number of thiazole rings is 1. The molecule has 152 valence electrons. The molecule has 29 heavy (non-hydrogen) atoms. The van der Waals surface area contributed by atoms with Gasteiger partial charge in [-0.3, -0.25) is 9.59 Å². The molecule has 0 fully saturated rings. The van der Waals surface area contributed by atoms with E-state index in [1.165, 1.54) is 23.8 Å². The smallest absolute Gasteiger partial charge is 0.325 e. The standard InChI is InChI=1S/C18H14BrClN2O5S2/c1-27-16(23)9-22-14-6-4-11(29(2,25)26)8-15(14)28-18(22)21-17(24)12-7-10(19)3-5-13(12)20/h3-8H,9H2,1-2H3. The third-order valence-corrected chi connectivity index (χ3v) is 6.93. The van der Waals surface area contributed by atoms with Crippen molar-refractivity contribution in [2.75, 3.05) is 13.4 Å². The summed E-state index contributed by atoms with van der Waals surface area (Å²) in [5.74, 6) is -1.13. The number of sulfone groups is 1. The Morgan fingerprint density at radius 3 is 2.62 bits per heavy atom. The van der Waals surface area contributed by atoms with Crippen LogP contribution in [0.4, 0.5) is 0 Å². The van der Waals surface area contributed by atoms with Gasteiger partial charge in [-0.25, -0.2) is 8.42 Å². The van der Waals surface area contributed by atoms with E-state index in [0.717, 1.165) is 17.6 Å². The normalized spacial score (nSPS) is 12.3. The fourth-order valence-electron chi connectivity index (χ4n) is 2.52. The van der Waals surface area contributed by atoms with E-state index in [9.17, 15) is 18.0 Å². The fraction of sp³-hybridized carbons (Fsp3) is 0.167. The Morgan fingerprint density at radius 2 is 1.97 bits per heavy atom. The number of halogens is 2. The summed E-state index contributed by atoms with van der Waals surface area (Å²) in [6.45, 7) is -0.187. The van der Waals surface area contributed by atoms with Crippen LogP contribution in [0.2, 0.25) is 5.02 Å². The number of aromatic nitrogens is 1. The lowest BCUT2D eigenvalue weighted by Crippen LogP contribution is -2.22. The fourth-order valence-corrected chi connectivity index (χ4v) is 4.87. The van der Waals surface area contributed by atoms with Gasteiger partial charge in [0.05, 0.1) is 32.8 Å². The van der Waals surface area contributed by atoms with Gasteiger partial charge in [0, 0.05) is 10.7 Å². The molecule has 0 radical (unpaired) electrons. The average Bonchev–Trinajstić information content (AvgIpc) is 2.99. The minimum atomic E-state index is -3.42. The molecule has 0 N–H and O–H groups in total. The lowest BCUT2D eigenvalue weighted by Gasteiger charge is -2.05. The number of fused-ring (bicyclic) bond motifs is 1. The molecule has 11 heteroatoms. The van der Waals surface area contributed by atoms with Gasteiger partial charge in [0.15, 0.2) is 14.6 Å². The van der Waals surface area contributed by atoms with Crippen molar-refractivity contribution in [2.24, 2.45) is 4.99 Å². The summed E-state index contributed by atoms with van der Waals surface area (Å²) in [5.41, 5.74) is 0.750. The van der Waals surface area contributed by atoms with Crippen LogP contribution in [0, 0.1) is 0 Å². The minimum Gasteiger partial charge on any atom is -0.468 e. The van der Waals surface area contributed by atoms with Crippen LogP contribution in [0.15, 0.2) is 50.8 Å². The van der Waals surface area contributed by atoms with Crippen molar-refractivity contribution in [3.8, 4) is 0 Å². The maximum absolute atomic E-state index is 12.7. The van der Waals surface area contributed by atoms with E-state index in [4.69, 9.17) is 16.3 Å². The quantitative estimate of drug-likeness (QED) is 0.494. The van der Waals surface area contributed by atoms with Crippen LogP contribution >= 0.6 is 38.9 Å². The molecule has 1 aromatic heterocycles. The summed E-state index contributed by atoms with van der Waals surface area (Å²) in [7, 11) is -2.16. The molecule has 1 amide bonds. The zero-order valence-electron chi connectivity index (χ0n) is 15.2. The molecule has 0 aliphatic rings. The van der Waals surface area contributed by atoms with Crippen LogP contribution in [-0.2, 0) is 25.9 Å². The van der Waals surface area contributed by atoms with Crippen LogP contribution < -0.4 is 4.80 Å². The van der Waals surface area contributed by atoms with Crippen LogP contribution in [0.1, 0.15) is 10.4 Å². The molecular formula is C18H14BrClN2O5S2. The van der Waals surface area contributed by atoms with E-state index >= 15 is 0 Å². The molecule has 0 aliphatic carbocycles. The number of methoxy groups -OCH3 is 1. The Labute approximate surface area is 183 Å². The number of amides is 1. The van der Waals surface area contributed by atoms with E-state index in [1.54, 1.807) is 24.3 Å². The SMILES string of the molecule is COC(=O)Cn1c(=NC(=O)c2cc(Br)ccc2Cl)sc2cc(S(C)(=O)=O)ccc21. The first kappa shape index (κ1) is 21.7. The van der Waals surface area contributed by atoms with Gasteiger partial charge in [0.25, 0.3) is 5.91 Å². The first-order valence-electron chi connectivity index (χ1n) is 8.04.